The Morgan fingerprint density at radius 3 is 2.72 bits per heavy atom. The van der Waals surface area contributed by atoms with Gasteiger partial charge in [0.05, 0.1) is 7.11 Å². The van der Waals surface area contributed by atoms with Gasteiger partial charge in [0, 0.05) is 19.1 Å². The van der Waals surface area contributed by atoms with E-state index in [1.807, 2.05) is 12.1 Å². The molecular formula is C19H26N2O3S. The molecule has 0 spiro atoms. The normalized spacial score (nSPS) is 22.0. The van der Waals surface area contributed by atoms with Gasteiger partial charge in [0.25, 0.3) is 0 Å². The summed E-state index contributed by atoms with van der Waals surface area (Å²) in [6.07, 6.45) is 2.56. The first kappa shape index (κ1) is 18.1. The largest absolute Gasteiger partial charge is 0.453 e. The van der Waals surface area contributed by atoms with Gasteiger partial charge >= 0.3 is 6.09 Å². The first-order valence-electron chi connectivity index (χ1n) is 8.93. The highest BCUT2D eigenvalue weighted by Gasteiger charge is 2.31. The Morgan fingerprint density at radius 1 is 1.28 bits per heavy atom. The standard InChI is InChI=1S/C19H26N2O3S/c1-13(14-7-10-21(11-8-14)19(23)24-2)20-18(22)17-16-6-4-3-5-15(16)9-12-25-17/h3-6,13-14,17H,7-12H2,1-2H3,(H,20,22)/t13-,17-/m0/s1. The Bertz CT molecular complexity index is 629. The number of hydrogen-bond donors (Lipinski definition) is 1. The number of benzene rings is 1. The average Bonchev–Trinajstić information content (AvgIpc) is 2.66. The highest BCUT2D eigenvalue weighted by atomic mass is 32.2. The smallest absolute Gasteiger partial charge is 0.409 e. The zero-order valence-corrected chi connectivity index (χ0v) is 15.7. The molecule has 2 heterocycles. The molecule has 0 unspecified atom stereocenters. The van der Waals surface area contributed by atoms with E-state index in [1.54, 1.807) is 16.7 Å². The van der Waals surface area contributed by atoms with Gasteiger partial charge in [-0.1, -0.05) is 24.3 Å². The Kier molecular flexibility index (Phi) is 5.89. The Balaban J connectivity index is 1.56. The number of ether oxygens (including phenoxy) is 1. The van der Waals surface area contributed by atoms with Gasteiger partial charge in [-0.25, -0.2) is 4.79 Å². The number of piperidine rings is 1. The van der Waals surface area contributed by atoms with Crippen molar-refractivity contribution in [1.82, 2.24) is 10.2 Å². The second-order valence-electron chi connectivity index (χ2n) is 6.79. The molecule has 1 N–H and O–H groups in total. The van der Waals surface area contributed by atoms with Crippen LogP contribution in [0.5, 0.6) is 0 Å². The Labute approximate surface area is 153 Å². The van der Waals surface area contributed by atoms with Crippen LogP contribution in [0, 0.1) is 5.92 Å². The van der Waals surface area contributed by atoms with Gasteiger partial charge in [0.1, 0.15) is 5.25 Å². The molecule has 0 saturated carbocycles. The predicted octanol–water partition coefficient (Wildman–Crippen LogP) is 3.00. The number of rotatable bonds is 3. The molecule has 136 valence electrons. The van der Waals surface area contributed by atoms with E-state index in [0.29, 0.717) is 19.0 Å². The van der Waals surface area contributed by atoms with E-state index in [4.69, 9.17) is 4.74 Å². The average molecular weight is 362 g/mol. The maximum atomic E-state index is 12.8. The van der Waals surface area contributed by atoms with Crippen LogP contribution in [0.3, 0.4) is 0 Å². The van der Waals surface area contributed by atoms with Crippen molar-refractivity contribution in [3.05, 3.63) is 35.4 Å². The predicted molar refractivity (Wildman–Crippen MR) is 99.7 cm³/mol. The number of nitrogens with zero attached hydrogens (tertiary/aromatic N) is 1. The highest BCUT2D eigenvalue weighted by molar-refractivity contribution is 8.00. The van der Waals surface area contributed by atoms with Crippen molar-refractivity contribution in [2.75, 3.05) is 26.0 Å². The number of nitrogens with one attached hydrogen (secondary N) is 1. The number of aryl methyl sites for hydroxylation is 1. The van der Waals surface area contributed by atoms with Crippen LogP contribution in [0.25, 0.3) is 0 Å². The fourth-order valence-electron chi connectivity index (χ4n) is 3.74. The third-order valence-electron chi connectivity index (χ3n) is 5.28. The summed E-state index contributed by atoms with van der Waals surface area (Å²) >= 11 is 1.73. The number of likely N-dealkylation sites (tertiary alicyclic amines) is 1. The minimum atomic E-state index is -0.259. The minimum absolute atomic E-state index is 0.109. The molecule has 25 heavy (non-hydrogen) atoms. The lowest BCUT2D eigenvalue weighted by atomic mass is 9.90. The maximum absolute atomic E-state index is 12.8. The van der Waals surface area contributed by atoms with Crippen molar-refractivity contribution in [2.45, 2.75) is 37.5 Å². The first-order valence-corrected chi connectivity index (χ1v) is 9.97. The second kappa shape index (κ2) is 8.13. The molecule has 1 saturated heterocycles. The van der Waals surface area contributed by atoms with E-state index in [-0.39, 0.29) is 23.3 Å². The number of thioether (sulfide) groups is 1. The lowest BCUT2D eigenvalue weighted by molar-refractivity contribution is -0.121. The zero-order chi connectivity index (χ0) is 17.8. The molecule has 3 rings (SSSR count). The molecule has 2 atom stereocenters. The molecule has 0 radical (unpaired) electrons. The van der Waals surface area contributed by atoms with Crippen molar-refractivity contribution < 1.29 is 14.3 Å². The van der Waals surface area contributed by atoms with Crippen LogP contribution >= 0.6 is 11.8 Å². The van der Waals surface area contributed by atoms with E-state index in [9.17, 15) is 9.59 Å². The third-order valence-corrected chi connectivity index (χ3v) is 6.52. The molecule has 1 aromatic carbocycles. The number of carbonyl (C=O) groups excluding carboxylic acids is 2. The topological polar surface area (TPSA) is 58.6 Å². The summed E-state index contributed by atoms with van der Waals surface area (Å²) in [6.45, 7) is 3.47. The van der Waals surface area contributed by atoms with E-state index < -0.39 is 0 Å². The van der Waals surface area contributed by atoms with E-state index in [0.717, 1.165) is 30.6 Å². The van der Waals surface area contributed by atoms with Crippen molar-refractivity contribution >= 4 is 23.8 Å². The first-order chi connectivity index (χ1) is 12.1. The number of amides is 2. The second-order valence-corrected chi connectivity index (χ2v) is 8.00. The van der Waals surface area contributed by atoms with Gasteiger partial charge in [-0.2, -0.15) is 0 Å². The lowest BCUT2D eigenvalue weighted by Gasteiger charge is -2.35. The van der Waals surface area contributed by atoms with Crippen molar-refractivity contribution in [2.24, 2.45) is 5.92 Å². The van der Waals surface area contributed by atoms with Gasteiger partial charge in [0.2, 0.25) is 5.91 Å². The van der Waals surface area contributed by atoms with Crippen molar-refractivity contribution in [3.63, 3.8) is 0 Å². The maximum Gasteiger partial charge on any atom is 0.409 e. The summed E-state index contributed by atoms with van der Waals surface area (Å²) in [6, 6.07) is 8.37. The molecule has 0 aliphatic carbocycles. The van der Waals surface area contributed by atoms with Gasteiger partial charge in [-0.05, 0) is 49.0 Å². The monoisotopic (exact) mass is 362 g/mol. The third kappa shape index (κ3) is 4.11. The summed E-state index contributed by atoms with van der Waals surface area (Å²) in [5.74, 6) is 1.50. The number of methoxy groups -OCH3 is 1. The van der Waals surface area contributed by atoms with Crippen LogP contribution in [0.4, 0.5) is 4.79 Å². The van der Waals surface area contributed by atoms with E-state index in [1.165, 1.54) is 12.7 Å². The van der Waals surface area contributed by atoms with Crippen LogP contribution in [0.1, 0.15) is 36.1 Å². The molecule has 1 aromatic rings. The van der Waals surface area contributed by atoms with E-state index in [2.05, 4.69) is 24.4 Å². The number of hydrogen-bond acceptors (Lipinski definition) is 4. The quantitative estimate of drug-likeness (QED) is 0.898. The number of fused-ring (bicyclic) bond motifs is 1. The van der Waals surface area contributed by atoms with Gasteiger partial charge < -0.3 is 15.0 Å². The molecule has 2 aliphatic rings. The van der Waals surface area contributed by atoms with Crippen molar-refractivity contribution in [3.8, 4) is 0 Å². The van der Waals surface area contributed by atoms with Crippen LogP contribution in [-0.2, 0) is 16.0 Å². The summed E-state index contributed by atoms with van der Waals surface area (Å²) in [7, 11) is 1.41. The molecule has 0 aromatic heterocycles. The summed E-state index contributed by atoms with van der Waals surface area (Å²) in [4.78, 5) is 26.1. The SMILES string of the molecule is COC(=O)N1CCC([C@H](C)NC(=O)[C@H]2SCCc3ccccc32)CC1. The molecule has 0 bridgehead atoms. The van der Waals surface area contributed by atoms with Crippen LogP contribution < -0.4 is 5.32 Å². The molecule has 2 aliphatic heterocycles. The minimum Gasteiger partial charge on any atom is -0.453 e. The van der Waals surface area contributed by atoms with Crippen molar-refractivity contribution in [1.29, 1.82) is 0 Å². The Morgan fingerprint density at radius 2 is 2.00 bits per heavy atom. The fourth-order valence-corrected chi connectivity index (χ4v) is 4.94. The van der Waals surface area contributed by atoms with Crippen LogP contribution in [-0.4, -0.2) is 48.9 Å². The molecule has 1 fully saturated rings. The Hall–Kier alpha value is -1.69. The number of carbonyl (C=O) groups is 2. The zero-order valence-electron chi connectivity index (χ0n) is 14.9. The van der Waals surface area contributed by atoms with Crippen LogP contribution in [0.2, 0.25) is 0 Å². The summed E-state index contributed by atoms with van der Waals surface area (Å²) in [5, 5.41) is 3.12. The molecular weight excluding hydrogens is 336 g/mol. The van der Waals surface area contributed by atoms with Gasteiger partial charge in [0.15, 0.2) is 0 Å². The van der Waals surface area contributed by atoms with Gasteiger partial charge in [-0.3, -0.25) is 4.79 Å². The molecule has 6 heteroatoms. The molecule has 2 amide bonds. The molecule has 5 nitrogen and oxygen atoms in total. The highest BCUT2D eigenvalue weighted by Crippen LogP contribution is 2.37. The van der Waals surface area contributed by atoms with E-state index >= 15 is 0 Å². The van der Waals surface area contributed by atoms with Gasteiger partial charge in [-0.15, -0.1) is 11.8 Å². The summed E-state index contributed by atoms with van der Waals surface area (Å²) < 4.78 is 4.78. The lowest BCUT2D eigenvalue weighted by Crippen LogP contribution is -2.46. The summed E-state index contributed by atoms with van der Waals surface area (Å²) in [5.41, 5.74) is 2.45. The van der Waals surface area contributed by atoms with Crippen LogP contribution in [0.15, 0.2) is 24.3 Å². The fraction of sp³-hybridized carbons (Fsp3) is 0.579.